The molecule has 0 fully saturated rings. The summed E-state index contributed by atoms with van der Waals surface area (Å²) in [6.07, 6.45) is 3.27. The third-order valence-electron chi connectivity index (χ3n) is 7.46. The Kier molecular flexibility index (Phi) is 10.7. The minimum atomic E-state index is -0.589. The Hall–Kier alpha value is -6.25. The first-order valence-electron chi connectivity index (χ1n) is 15.6. The molecule has 0 bridgehead atoms. The molecule has 1 heterocycles. The molecule has 0 spiro atoms. The first-order valence-corrected chi connectivity index (χ1v) is 16.5. The Morgan fingerprint density at radius 2 is 1.29 bits per heavy atom. The Bertz CT molecular complexity index is 2060. The molecule has 1 atom stereocenters. The van der Waals surface area contributed by atoms with Gasteiger partial charge in [0, 0.05) is 22.3 Å². The van der Waals surface area contributed by atoms with Crippen molar-refractivity contribution in [3.05, 3.63) is 186 Å². The van der Waals surface area contributed by atoms with Gasteiger partial charge in [-0.1, -0.05) is 115 Å². The second kappa shape index (κ2) is 16.0. The lowest BCUT2D eigenvalue weighted by Gasteiger charge is -2.17. The second-order valence-corrected chi connectivity index (χ2v) is 12.1. The maximum Gasteiger partial charge on any atom is 0.272 e. The number of aromatic nitrogens is 1. The third kappa shape index (κ3) is 8.97. The van der Waals surface area contributed by atoms with Crippen molar-refractivity contribution in [2.24, 2.45) is 0 Å². The van der Waals surface area contributed by atoms with E-state index >= 15 is 0 Å². The van der Waals surface area contributed by atoms with E-state index in [4.69, 9.17) is 0 Å². The number of pyridine rings is 1. The minimum Gasteiger partial charge on any atom is -0.321 e. The van der Waals surface area contributed by atoms with Gasteiger partial charge in [-0.15, -0.1) is 11.8 Å². The zero-order valence-corrected chi connectivity index (χ0v) is 27.1. The van der Waals surface area contributed by atoms with Gasteiger partial charge in [0.2, 0.25) is 5.91 Å². The molecule has 3 amide bonds. The summed E-state index contributed by atoms with van der Waals surface area (Å²) in [5, 5.41) is 8.05. The number of thioether (sulfide) groups is 1. The summed E-state index contributed by atoms with van der Waals surface area (Å²) in [5.41, 5.74) is 4.69. The molecule has 3 N–H and O–H groups in total. The molecule has 0 saturated heterocycles. The SMILES string of the molecule is O=C(Nc1cccc(SC(C(=O)Nc2ccccn2)c2ccccc2)c1)/C(=C\c1ccc(-c2ccccc2)cc1)NC(=O)c1ccccc1. The van der Waals surface area contributed by atoms with Crippen molar-refractivity contribution >= 4 is 47.1 Å². The highest BCUT2D eigenvalue weighted by atomic mass is 32.2. The molecule has 49 heavy (non-hydrogen) atoms. The number of hydrogen-bond donors (Lipinski definition) is 3. The van der Waals surface area contributed by atoms with Crippen LogP contribution in [0, 0.1) is 0 Å². The quantitative estimate of drug-likeness (QED) is 0.0955. The van der Waals surface area contributed by atoms with Crippen molar-refractivity contribution in [2.75, 3.05) is 10.6 Å². The molecule has 0 saturated carbocycles. The summed E-state index contributed by atoms with van der Waals surface area (Å²) < 4.78 is 0. The van der Waals surface area contributed by atoms with Gasteiger partial charge in [0.05, 0.1) is 0 Å². The van der Waals surface area contributed by atoms with Crippen LogP contribution in [0.3, 0.4) is 0 Å². The summed E-state index contributed by atoms with van der Waals surface area (Å²) in [5.74, 6) is -0.666. The predicted molar refractivity (Wildman–Crippen MR) is 197 cm³/mol. The van der Waals surface area contributed by atoms with E-state index in [2.05, 4.69) is 20.9 Å². The van der Waals surface area contributed by atoms with E-state index < -0.39 is 17.1 Å². The monoisotopic (exact) mass is 660 g/mol. The average Bonchev–Trinajstić information content (AvgIpc) is 3.15. The molecule has 0 aliphatic rings. The highest BCUT2D eigenvalue weighted by Crippen LogP contribution is 2.37. The first kappa shape index (κ1) is 32.7. The van der Waals surface area contributed by atoms with Gasteiger partial charge in [-0.25, -0.2) is 4.98 Å². The number of carbonyl (C=O) groups is 3. The Balaban J connectivity index is 1.23. The topological polar surface area (TPSA) is 100 Å². The van der Waals surface area contributed by atoms with Crippen molar-refractivity contribution in [2.45, 2.75) is 10.1 Å². The molecule has 8 heteroatoms. The average molecular weight is 661 g/mol. The van der Waals surface area contributed by atoms with E-state index in [-0.39, 0.29) is 11.6 Å². The van der Waals surface area contributed by atoms with Crippen LogP contribution in [0.15, 0.2) is 175 Å². The van der Waals surface area contributed by atoms with Crippen LogP contribution in [0.4, 0.5) is 11.5 Å². The zero-order chi connectivity index (χ0) is 33.8. The molecule has 0 radical (unpaired) electrons. The Morgan fingerprint density at radius 3 is 1.98 bits per heavy atom. The molecule has 6 aromatic rings. The highest BCUT2D eigenvalue weighted by Gasteiger charge is 2.23. The molecule has 7 nitrogen and oxygen atoms in total. The fraction of sp³-hybridized carbons (Fsp3) is 0.0244. The molecule has 240 valence electrons. The smallest absolute Gasteiger partial charge is 0.272 e. The lowest BCUT2D eigenvalue weighted by Crippen LogP contribution is -2.30. The summed E-state index contributed by atoms with van der Waals surface area (Å²) >= 11 is 1.35. The lowest BCUT2D eigenvalue weighted by atomic mass is 10.0. The van der Waals surface area contributed by atoms with E-state index in [1.54, 1.807) is 60.8 Å². The van der Waals surface area contributed by atoms with E-state index in [1.165, 1.54) is 11.8 Å². The maximum absolute atomic E-state index is 13.8. The van der Waals surface area contributed by atoms with Crippen molar-refractivity contribution in [1.82, 2.24) is 10.3 Å². The first-order chi connectivity index (χ1) is 24.0. The van der Waals surface area contributed by atoms with Crippen LogP contribution in [-0.2, 0) is 9.59 Å². The normalized spacial score (nSPS) is 11.6. The van der Waals surface area contributed by atoms with Gasteiger partial charge in [0.1, 0.15) is 16.8 Å². The summed E-state index contributed by atoms with van der Waals surface area (Å²) in [6.45, 7) is 0. The van der Waals surface area contributed by atoms with Gasteiger partial charge >= 0.3 is 0 Å². The van der Waals surface area contributed by atoms with Crippen LogP contribution in [0.5, 0.6) is 0 Å². The number of carbonyl (C=O) groups excluding carboxylic acids is 3. The van der Waals surface area contributed by atoms with Crippen LogP contribution >= 0.6 is 11.8 Å². The number of nitrogens with one attached hydrogen (secondary N) is 3. The Morgan fingerprint density at radius 1 is 0.633 bits per heavy atom. The van der Waals surface area contributed by atoms with Crippen molar-refractivity contribution in [3.8, 4) is 11.1 Å². The predicted octanol–water partition coefficient (Wildman–Crippen LogP) is 8.63. The molecule has 0 aliphatic carbocycles. The van der Waals surface area contributed by atoms with Crippen LogP contribution in [-0.4, -0.2) is 22.7 Å². The Labute approximate surface area is 289 Å². The minimum absolute atomic E-state index is 0.0799. The molecule has 5 aromatic carbocycles. The van der Waals surface area contributed by atoms with Crippen LogP contribution in [0.2, 0.25) is 0 Å². The second-order valence-electron chi connectivity index (χ2n) is 11.0. The van der Waals surface area contributed by atoms with Gasteiger partial charge in [-0.05, 0) is 70.8 Å². The van der Waals surface area contributed by atoms with Crippen molar-refractivity contribution in [3.63, 3.8) is 0 Å². The van der Waals surface area contributed by atoms with Crippen LogP contribution in [0.1, 0.15) is 26.7 Å². The van der Waals surface area contributed by atoms with E-state index in [0.717, 1.165) is 27.1 Å². The van der Waals surface area contributed by atoms with E-state index in [0.29, 0.717) is 17.1 Å². The van der Waals surface area contributed by atoms with E-state index in [9.17, 15) is 14.4 Å². The van der Waals surface area contributed by atoms with E-state index in [1.807, 2.05) is 109 Å². The molecule has 6 rings (SSSR count). The van der Waals surface area contributed by atoms with Gasteiger partial charge in [-0.2, -0.15) is 0 Å². The van der Waals surface area contributed by atoms with Gasteiger partial charge in [0.15, 0.2) is 0 Å². The fourth-order valence-electron chi connectivity index (χ4n) is 5.02. The van der Waals surface area contributed by atoms with Crippen molar-refractivity contribution < 1.29 is 14.4 Å². The van der Waals surface area contributed by atoms with Gasteiger partial charge in [0.25, 0.3) is 11.8 Å². The zero-order valence-electron chi connectivity index (χ0n) is 26.3. The van der Waals surface area contributed by atoms with Gasteiger partial charge < -0.3 is 16.0 Å². The number of amides is 3. The number of benzene rings is 5. The fourth-order valence-corrected chi connectivity index (χ4v) is 6.11. The summed E-state index contributed by atoms with van der Waals surface area (Å²) in [4.78, 5) is 45.4. The third-order valence-corrected chi connectivity index (χ3v) is 8.71. The largest absolute Gasteiger partial charge is 0.321 e. The van der Waals surface area contributed by atoms with Crippen LogP contribution in [0.25, 0.3) is 17.2 Å². The molecule has 1 aromatic heterocycles. The molecule has 1 unspecified atom stereocenters. The number of rotatable bonds is 11. The molecular weight excluding hydrogens is 629 g/mol. The number of nitrogens with zero attached hydrogens (tertiary/aromatic N) is 1. The molecular formula is C41H32N4O3S. The van der Waals surface area contributed by atoms with Crippen LogP contribution < -0.4 is 16.0 Å². The summed E-state index contributed by atoms with van der Waals surface area (Å²) in [6, 6.07) is 48.6. The number of anilines is 2. The van der Waals surface area contributed by atoms with Gasteiger partial charge in [-0.3, -0.25) is 14.4 Å². The molecule has 0 aliphatic heterocycles. The maximum atomic E-state index is 13.8. The number of hydrogen-bond acceptors (Lipinski definition) is 5. The van der Waals surface area contributed by atoms with Crippen molar-refractivity contribution in [1.29, 1.82) is 0 Å². The summed E-state index contributed by atoms with van der Waals surface area (Å²) in [7, 11) is 0. The lowest BCUT2D eigenvalue weighted by molar-refractivity contribution is -0.116. The highest BCUT2D eigenvalue weighted by molar-refractivity contribution is 8.00. The standard InChI is InChI=1S/C41H32N4O3S/c46-39(33-17-8-3-9-18-33)44-36(27-29-22-24-31(25-23-29)30-13-4-1-5-14-30)40(47)43-34-19-12-20-35(28-34)49-38(32-15-6-2-7-16-32)41(48)45-37-21-10-11-26-42-37/h1-28,38H,(H,43,47)(H,44,46)(H,42,45,48)/b36-27+.